The monoisotopic (exact) mass is 448 g/mol. The lowest BCUT2D eigenvalue weighted by Gasteiger charge is -2.31. The summed E-state index contributed by atoms with van der Waals surface area (Å²) in [5.74, 6) is 0.412. The van der Waals surface area contributed by atoms with Crippen LogP contribution in [0.2, 0.25) is 0 Å². The van der Waals surface area contributed by atoms with Gasteiger partial charge in [0.05, 0.1) is 16.8 Å². The van der Waals surface area contributed by atoms with Crippen LogP contribution in [0.15, 0.2) is 46.3 Å². The normalized spacial score (nSPS) is 12.5. The van der Waals surface area contributed by atoms with E-state index in [0.717, 1.165) is 21.0 Å². The van der Waals surface area contributed by atoms with Gasteiger partial charge in [-0.2, -0.15) is 4.98 Å². The molecule has 3 rings (SSSR count). The van der Waals surface area contributed by atoms with E-state index in [1.54, 1.807) is 19.1 Å². The number of rotatable bonds is 8. The van der Waals surface area contributed by atoms with Crippen molar-refractivity contribution in [3.05, 3.63) is 53.2 Å². The van der Waals surface area contributed by atoms with E-state index >= 15 is 0 Å². The first-order valence-corrected chi connectivity index (χ1v) is 12.1. The molecule has 0 unspecified atom stereocenters. The number of nitrogens with zero attached hydrogens (tertiary/aromatic N) is 4. The third-order valence-electron chi connectivity index (χ3n) is 4.58. The van der Waals surface area contributed by atoms with Crippen LogP contribution < -0.4 is 4.31 Å². The number of anilines is 1. The number of carbonyl (C=O) groups is 1. The minimum atomic E-state index is -3.68. The molecule has 0 N–H and O–H groups in total. The highest BCUT2D eigenvalue weighted by molar-refractivity contribution is 7.92. The zero-order valence-electron chi connectivity index (χ0n) is 17.3. The number of amides is 1. The van der Waals surface area contributed by atoms with Crippen molar-refractivity contribution >= 4 is 33.0 Å². The van der Waals surface area contributed by atoms with Crippen molar-refractivity contribution < 1.29 is 17.7 Å². The van der Waals surface area contributed by atoms with E-state index in [1.807, 2.05) is 43.5 Å². The molecule has 0 aliphatic heterocycles. The third-order valence-corrected chi connectivity index (χ3v) is 6.69. The predicted octanol–water partition coefficient (Wildman–Crippen LogP) is 3.31. The molecule has 1 aromatic carbocycles. The van der Waals surface area contributed by atoms with Crippen LogP contribution in [0, 0.1) is 6.92 Å². The minimum Gasteiger partial charge on any atom is -0.337 e. The molecule has 0 saturated carbocycles. The van der Waals surface area contributed by atoms with Crippen molar-refractivity contribution in [2.24, 2.45) is 0 Å². The second-order valence-electron chi connectivity index (χ2n) is 6.91. The maximum Gasteiger partial charge on any atom is 0.246 e. The van der Waals surface area contributed by atoms with E-state index in [2.05, 4.69) is 10.1 Å². The maximum atomic E-state index is 13.2. The summed E-state index contributed by atoms with van der Waals surface area (Å²) in [4.78, 5) is 19.9. The van der Waals surface area contributed by atoms with Crippen molar-refractivity contribution in [1.29, 1.82) is 0 Å². The van der Waals surface area contributed by atoms with Gasteiger partial charge in [-0.05, 0) is 44.4 Å². The zero-order valence-corrected chi connectivity index (χ0v) is 18.9. The summed E-state index contributed by atoms with van der Waals surface area (Å²) in [6.45, 7) is 5.78. The van der Waals surface area contributed by atoms with E-state index in [4.69, 9.17) is 4.52 Å². The van der Waals surface area contributed by atoms with E-state index in [9.17, 15) is 13.2 Å². The molecule has 0 fully saturated rings. The Bertz CT molecular complexity index is 1090. The van der Waals surface area contributed by atoms with E-state index in [-0.39, 0.29) is 12.5 Å². The Balaban J connectivity index is 1.81. The van der Waals surface area contributed by atoms with E-state index in [1.165, 1.54) is 16.2 Å². The fourth-order valence-electron chi connectivity index (χ4n) is 3.09. The van der Waals surface area contributed by atoms with Crippen molar-refractivity contribution in [3.63, 3.8) is 0 Å². The van der Waals surface area contributed by atoms with Gasteiger partial charge >= 0.3 is 0 Å². The molecule has 30 heavy (non-hydrogen) atoms. The molecule has 2 aromatic heterocycles. The average Bonchev–Trinajstić information content (AvgIpc) is 3.37. The number of thiophene rings is 1. The highest BCUT2D eigenvalue weighted by Crippen LogP contribution is 2.24. The summed E-state index contributed by atoms with van der Waals surface area (Å²) in [7, 11) is -3.68. The van der Waals surface area contributed by atoms with Gasteiger partial charge in [-0.25, -0.2) is 8.42 Å². The largest absolute Gasteiger partial charge is 0.337 e. The lowest BCUT2D eigenvalue weighted by molar-refractivity contribution is -0.132. The highest BCUT2D eigenvalue weighted by Gasteiger charge is 2.32. The summed E-state index contributed by atoms with van der Waals surface area (Å²) in [5, 5.41) is 5.88. The van der Waals surface area contributed by atoms with Gasteiger partial charge in [-0.3, -0.25) is 9.10 Å². The lowest BCUT2D eigenvalue weighted by atomic mass is 10.2. The van der Waals surface area contributed by atoms with Crippen LogP contribution in [0.4, 0.5) is 5.69 Å². The number of aryl methyl sites for hydroxylation is 1. The maximum absolute atomic E-state index is 13.2. The Hall–Kier alpha value is -2.72. The smallest absolute Gasteiger partial charge is 0.246 e. The standard InChI is InChI=1S/C20H24N4O4S2/c1-5-23(13-18-21-19(22-28-18)17-7-6-12-29-17)20(25)15(3)24(30(4,26)27)16-10-8-14(2)9-11-16/h6-12,15H,5,13H2,1-4H3/t15-/m1/s1. The van der Waals surface area contributed by atoms with Crippen molar-refractivity contribution in [3.8, 4) is 10.7 Å². The molecular weight excluding hydrogens is 424 g/mol. The van der Waals surface area contributed by atoms with Crippen LogP contribution in [0.3, 0.4) is 0 Å². The van der Waals surface area contributed by atoms with Gasteiger partial charge in [-0.1, -0.05) is 28.9 Å². The molecule has 0 radical (unpaired) electrons. The van der Waals surface area contributed by atoms with Gasteiger partial charge in [0.1, 0.15) is 12.6 Å². The summed E-state index contributed by atoms with van der Waals surface area (Å²) in [6.07, 6.45) is 1.10. The van der Waals surface area contributed by atoms with Crippen LogP contribution in [-0.4, -0.2) is 48.2 Å². The second kappa shape index (κ2) is 8.97. The molecular formula is C20H24N4O4S2. The molecule has 1 amide bonds. The predicted molar refractivity (Wildman–Crippen MR) is 117 cm³/mol. The fourth-order valence-corrected chi connectivity index (χ4v) is 4.91. The van der Waals surface area contributed by atoms with Gasteiger partial charge < -0.3 is 9.42 Å². The highest BCUT2D eigenvalue weighted by atomic mass is 32.2. The molecule has 2 heterocycles. The zero-order chi connectivity index (χ0) is 21.9. The van der Waals surface area contributed by atoms with Crippen LogP contribution in [0.1, 0.15) is 25.3 Å². The molecule has 160 valence electrons. The summed E-state index contributed by atoms with van der Waals surface area (Å²) < 4.78 is 31.4. The molecule has 0 aliphatic carbocycles. The minimum absolute atomic E-state index is 0.101. The first-order chi connectivity index (χ1) is 14.2. The Morgan fingerprint density at radius 3 is 2.50 bits per heavy atom. The Kier molecular flexibility index (Phi) is 6.57. The van der Waals surface area contributed by atoms with Crippen LogP contribution in [-0.2, 0) is 21.4 Å². The van der Waals surface area contributed by atoms with Crippen LogP contribution in [0.5, 0.6) is 0 Å². The van der Waals surface area contributed by atoms with Crippen LogP contribution >= 0.6 is 11.3 Å². The van der Waals surface area contributed by atoms with Gasteiger partial charge in [0.25, 0.3) is 0 Å². The third kappa shape index (κ3) is 4.88. The first-order valence-electron chi connectivity index (χ1n) is 9.42. The van der Waals surface area contributed by atoms with Crippen molar-refractivity contribution in [2.45, 2.75) is 33.4 Å². The number of sulfonamides is 1. The number of hydrogen-bond donors (Lipinski definition) is 0. The number of aromatic nitrogens is 2. The number of hydrogen-bond acceptors (Lipinski definition) is 7. The quantitative estimate of drug-likeness (QED) is 0.524. The molecule has 1 atom stereocenters. The molecule has 0 saturated heterocycles. The van der Waals surface area contributed by atoms with Gasteiger partial charge in [0.2, 0.25) is 27.6 Å². The summed E-state index contributed by atoms with van der Waals surface area (Å²) in [5.41, 5.74) is 1.44. The molecule has 10 heteroatoms. The fraction of sp³-hybridized carbons (Fsp3) is 0.350. The summed E-state index contributed by atoms with van der Waals surface area (Å²) in [6, 6.07) is 9.87. The van der Waals surface area contributed by atoms with E-state index < -0.39 is 16.1 Å². The van der Waals surface area contributed by atoms with Gasteiger partial charge in [-0.15, -0.1) is 11.3 Å². The SMILES string of the molecule is CCN(Cc1nc(-c2cccs2)no1)C(=O)[C@@H](C)N(c1ccc(C)cc1)S(C)(=O)=O. The lowest BCUT2D eigenvalue weighted by Crippen LogP contribution is -2.49. The topological polar surface area (TPSA) is 96.6 Å². The number of benzene rings is 1. The Morgan fingerprint density at radius 2 is 1.93 bits per heavy atom. The molecule has 3 aromatic rings. The average molecular weight is 449 g/mol. The second-order valence-corrected chi connectivity index (χ2v) is 9.72. The number of carbonyl (C=O) groups excluding carboxylic acids is 1. The Morgan fingerprint density at radius 1 is 1.23 bits per heavy atom. The van der Waals surface area contributed by atoms with Crippen molar-refractivity contribution in [2.75, 3.05) is 17.1 Å². The van der Waals surface area contributed by atoms with E-state index in [0.29, 0.717) is 23.9 Å². The molecule has 0 bridgehead atoms. The number of likely N-dealkylation sites (N-methyl/N-ethyl adjacent to an activating group) is 1. The molecule has 8 nitrogen and oxygen atoms in total. The van der Waals surface area contributed by atoms with Gasteiger partial charge in [0, 0.05) is 6.54 Å². The van der Waals surface area contributed by atoms with Crippen molar-refractivity contribution in [1.82, 2.24) is 15.0 Å². The Labute approximate surface area is 180 Å². The first kappa shape index (κ1) is 22.0. The van der Waals surface area contributed by atoms with Gasteiger partial charge in [0.15, 0.2) is 0 Å². The van der Waals surface area contributed by atoms with Crippen LogP contribution in [0.25, 0.3) is 10.7 Å². The molecule has 0 aliphatic rings. The molecule has 0 spiro atoms. The summed E-state index contributed by atoms with van der Waals surface area (Å²) >= 11 is 1.49.